The summed E-state index contributed by atoms with van der Waals surface area (Å²) in [6, 6.07) is 0.510. The van der Waals surface area contributed by atoms with E-state index in [0.29, 0.717) is 54.4 Å². The first-order valence-electron chi connectivity index (χ1n) is 11.4. The molecule has 5 nitrogen and oxygen atoms in total. The standard InChI is InChI=1S/C22H46N2O3Si/c1-16(2)15-24-22(25)26-14-13-23-20-9-11-21(12-10-20)27-28(17(3)4,18(5)6)19(7)8/h16-21,23H,9-15H2,1-8H3,(H,24,25). The maximum atomic E-state index is 11.6. The van der Waals surface area contributed by atoms with E-state index in [9.17, 15) is 4.79 Å². The topological polar surface area (TPSA) is 59.6 Å². The van der Waals surface area contributed by atoms with Crippen molar-refractivity contribution in [3.05, 3.63) is 0 Å². The van der Waals surface area contributed by atoms with Gasteiger partial charge in [-0.3, -0.25) is 0 Å². The Bertz CT molecular complexity index is 425. The van der Waals surface area contributed by atoms with E-state index in [0.717, 1.165) is 25.7 Å². The summed E-state index contributed by atoms with van der Waals surface area (Å²) in [6.45, 7) is 20.1. The zero-order valence-electron chi connectivity index (χ0n) is 19.6. The number of hydrogen-bond acceptors (Lipinski definition) is 4. The molecule has 0 unspecified atom stereocenters. The van der Waals surface area contributed by atoms with Crippen LogP contribution in [0.5, 0.6) is 0 Å². The van der Waals surface area contributed by atoms with E-state index < -0.39 is 8.32 Å². The average Bonchev–Trinajstić information content (AvgIpc) is 2.61. The molecule has 0 aromatic heterocycles. The van der Waals surface area contributed by atoms with Crippen LogP contribution in [0.3, 0.4) is 0 Å². The molecule has 0 aliphatic heterocycles. The van der Waals surface area contributed by atoms with Gasteiger partial charge in [0.15, 0.2) is 0 Å². The van der Waals surface area contributed by atoms with Gasteiger partial charge in [-0.15, -0.1) is 0 Å². The summed E-state index contributed by atoms with van der Waals surface area (Å²) >= 11 is 0. The Balaban J connectivity index is 2.34. The molecule has 28 heavy (non-hydrogen) atoms. The van der Waals surface area contributed by atoms with Crippen LogP contribution < -0.4 is 10.6 Å². The molecule has 1 rings (SSSR count). The Morgan fingerprint density at radius 2 is 1.46 bits per heavy atom. The first kappa shape index (κ1) is 25.4. The molecule has 1 saturated carbocycles. The van der Waals surface area contributed by atoms with Crippen molar-refractivity contribution in [3.63, 3.8) is 0 Å². The fourth-order valence-electron chi connectivity index (χ4n) is 4.83. The lowest BCUT2D eigenvalue weighted by Gasteiger charge is -2.46. The van der Waals surface area contributed by atoms with E-state index in [1.165, 1.54) is 0 Å². The van der Waals surface area contributed by atoms with Crippen LogP contribution in [0, 0.1) is 5.92 Å². The minimum atomic E-state index is -1.78. The van der Waals surface area contributed by atoms with E-state index in [1.807, 2.05) is 0 Å². The molecule has 0 aromatic carbocycles. The van der Waals surface area contributed by atoms with Crippen LogP contribution in [0.15, 0.2) is 0 Å². The van der Waals surface area contributed by atoms with Crippen molar-refractivity contribution in [2.75, 3.05) is 19.7 Å². The molecule has 1 aliphatic rings. The van der Waals surface area contributed by atoms with Gasteiger partial charge in [-0.1, -0.05) is 55.4 Å². The minimum absolute atomic E-state index is 0.315. The van der Waals surface area contributed by atoms with Gasteiger partial charge in [0, 0.05) is 25.2 Å². The minimum Gasteiger partial charge on any atom is -0.448 e. The lowest BCUT2D eigenvalue weighted by molar-refractivity contribution is 0.115. The Morgan fingerprint density at radius 3 is 1.93 bits per heavy atom. The van der Waals surface area contributed by atoms with Crippen LogP contribution in [0.25, 0.3) is 0 Å². The molecule has 166 valence electrons. The molecule has 0 heterocycles. The summed E-state index contributed by atoms with van der Waals surface area (Å²) in [6.07, 6.45) is 4.65. The number of alkyl carbamates (subject to hydrolysis) is 1. The van der Waals surface area contributed by atoms with Gasteiger partial charge in [-0.2, -0.15) is 0 Å². The molecule has 0 spiro atoms. The van der Waals surface area contributed by atoms with Gasteiger partial charge in [0.05, 0.1) is 0 Å². The molecular formula is C22H46N2O3Si. The number of amides is 1. The van der Waals surface area contributed by atoms with Gasteiger partial charge in [-0.25, -0.2) is 4.79 Å². The zero-order valence-corrected chi connectivity index (χ0v) is 20.6. The molecule has 0 aromatic rings. The molecule has 2 N–H and O–H groups in total. The van der Waals surface area contributed by atoms with Crippen molar-refractivity contribution in [2.45, 2.75) is 110 Å². The highest BCUT2D eigenvalue weighted by Gasteiger charge is 2.46. The van der Waals surface area contributed by atoms with E-state index >= 15 is 0 Å². The van der Waals surface area contributed by atoms with Gasteiger partial charge >= 0.3 is 6.09 Å². The quantitative estimate of drug-likeness (QED) is 0.348. The third-order valence-electron chi connectivity index (χ3n) is 6.17. The highest BCUT2D eigenvalue weighted by atomic mass is 28.4. The summed E-state index contributed by atoms with van der Waals surface area (Å²) < 4.78 is 12.2. The van der Waals surface area contributed by atoms with Crippen molar-refractivity contribution in [2.24, 2.45) is 5.92 Å². The first-order valence-corrected chi connectivity index (χ1v) is 13.5. The lowest BCUT2D eigenvalue weighted by Crippen LogP contribution is -2.51. The van der Waals surface area contributed by atoms with E-state index in [2.05, 4.69) is 66.0 Å². The number of carbonyl (C=O) groups is 1. The van der Waals surface area contributed by atoms with Crippen molar-refractivity contribution < 1.29 is 14.0 Å². The molecule has 0 radical (unpaired) electrons. The van der Waals surface area contributed by atoms with Crippen molar-refractivity contribution in [1.29, 1.82) is 0 Å². The summed E-state index contributed by atoms with van der Waals surface area (Å²) in [4.78, 5) is 11.6. The van der Waals surface area contributed by atoms with Crippen LogP contribution >= 0.6 is 0 Å². The maximum Gasteiger partial charge on any atom is 0.407 e. The number of ether oxygens (including phenoxy) is 1. The van der Waals surface area contributed by atoms with Gasteiger partial charge < -0.3 is 19.8 Å². The SMILES string of the molecule is CC(C)CNC(=O)OCCNC1CCC(O[Si](C(C)C)(C(C)C)C(C)C)CC1. The normalized spacial score (nSPS) is 21.0. The third-order valence-corrected chi connectivity index (χ3v) is 12.3. The second kappa shape index (κ2) is 12.2. The molecule has 1 aliphatic carbocycles. The number of nitrogens with one attached hydrogen (secondary N) is 2. The van der Waals surface area contributed by atoms with Crippen molar-refractivity contribution in [1.82, 2.24) is 10.6 Å². The Hall–Kier alpha value is -0.593. The molecule has 0 saturated heterocycles. The van der Waals surface area contributed by atoms with Crippen LogP contribution in [0.1, 0.15) is 81.1 Å². The molecule has 0 bridgehead atoms. The number of rotatable bonds is 11. The summed E-state index contributed by atoms with van der Waals surface area (Å²) in [5, 5.41) is 6.32. The van der Waals surface area contributed by atoms with Gasteiger partial charge in [0.2, 0.25) is 8.32 Å². The summed E-state index contributed by atoms with van der Waals surface area (Å²) in [5.74, 6) is 0.437. The average molecular weight is 415 g/mol. The summed E-state index contributed by atoms with van der Waals surface area (Å²) in [5.41, 5.74) is 1.92. The fourth-order valence-corrected chi connectivity index (χ4v) is 10.5. The fraction of sp³-hybridized carbons (Fsp3) is 0.955. The molecule has 0 atom stereocenters. The smallest absolute Gasteiger partial charge is 0.407 e. The van der Waals surface area contributed by atoms with Crippen LogP contribution in [0.2, 0.25) is 16.6 Å². The Labute approximate surface area is 174 Å². The maximum absolute atomic E-state index is 11.6. The summed E-state index contributed by atoms with van der Waals surface area (Å²) in [7, 11) is -1.78. The van der Waals surface area contributed by atoms with E-state index in [1.54, 1.807) is 0 Å². The second-order valence-electron chi connectivity index (χ2n) is 9.77. The zero-order chi connectivity index (χ0) is 21.3. The van der Waals surface area contributed by atoms with Gasteiger partial charge in [-0.05, 0) is 48.2 Å². The largest absolute Gasteiger partial charge is 0.448 e. The second-order valence-corrected chi connectivity index (χ2v) is 15.2. The van der Waals surface area contributed by atoms with Crippen molar-refractivity contribution >= 4 is 14.4 Å². The number of carbonyl (C=O) groups excluding carboxylic acids is 1. The Morgan fingerprint density at radius 1 is 0.929 bits per heavy atom. The molecule has 1 amide bonds. The number of hydrogen-bond donors (Lipinski definition) is 2. The van der Waals surface area contributed by atoms with Gasteiger partial charge in [0.25, 0.3) is 0 Å². The Kier molecular flexibility index (Phi) is 11.1. The lowest BCUT2D eigenvalue weighted by atomic mass is 9.93. The van der Waals surface area contributed by atoms with Gasteiger partial charge in [0.1, 0.15) is 6.61 Å². The van der Waals surface area contributed by atoms with Crippen LogP contribution in [-0.2, 0) is 9.16 Å². The van der Waals surface area contributed by atoms with Crippen LogP contribution in [0.4, 0.5) is 4.79 Å². The van der Waals surface area contributed by atoms with E-state index in [4.69, 9.17) is 9.16 Å². The molecular weight excluding hydrogens is 368 g/mol. The highest BCUT2D eigenvalue weighted by molar-refractivity contribution is 6.77. The molecule has 6 heteroatoms. The van der Waals surface area contributed by atoms with E-state index in [-0.39, 0.29) is 6.09 Å². The first-order chi connectivity index (χ1) is 13.1. The monoisotopic (exact) mass is 414 g/mol. The third kappa shape index (κ3) is 7.67. The predicted octanol–water partition coefficient (Wildman–Crippen LogP) is 5.46. The predicted molar refractivity (Wildman–Crippen MR) is 120 cm³/mol. The highest BCUT2D eigenvalue weighted by Crippen LogP contribution is 2.44. The van der Waals surface area contributed by atoms with Crippen LogP contribution in [-0.4, -0.2) is 46.3 Å². The van der Waals surface area contributed by atoms with Crippen molar-refractivity contribution in [3.8, 4) is 0 Å². The molecule has 1 fully saturated rings.